The predicted octanol–water partition coefficient (Wildman–Crippen LogP) is 4.16. The van der Waals surface area contributed by atoms with Crippen molar-refractivity contribution in [3.05, 3.63) is 77.8 Å². The monoisotopic (exact) mass is 336 g/mol. The third-order valence-corrected chi connectivity index (χ3v) is 4.27. The van der Waals surface area contributed by atoms with Crippen LogP contribution < -0.4 is 0 Å². The molecule has 3 rings (SSSR count). The lowest BCUT2D eigenvalue weighted by Gasteiger charge is -2.28. The summed E-state index contributed by atoms with van der Waals surface area (Å²) in [5.41, 5.74) is 1.83. The van der Waals surface area contributed by atoms with Gasteiger partial charge in [-0.25, -0.2) is 0 Å². The Balaban J connectivity index is 1.90. The molecule has 25 heavy (non-hydrogen) atoms. The highest BCUT2D eigenvalue weighted by atomic mass is 16.5. The van der Waals surface area contributed by atoms with Crippen molar-refractivity contribution in [3.8, 4) is 0 Å². The van der Waals surface area contributed by atoms with Crippen LogP contribution in [0.15, 0.2) is 70.9 Å². The molecule has 0 spiro atoms. The number of ether oxygens (including phenoxy) is 1. The SMILES string of the molecule is CCOC(=O)[C@H]1C(=O)C=C(C=Cc2ccco2)C[C@H]1c1ccccc1. The van der Waals surface area contributed by atoms with Crippen LogP contribution >= 0.6 is 0 Å². The first kappa shape index (κ1) is 17.0. The van der Waals surface area contributed by atoms with Crippen molar-refractivity contribution in [1.29, 1.82) is 0 Å². The van der Waals surface area contributed by atoms with Crippen molar-refractivity contribution in [3.63, 3.8) is 0 Å². The summed E-state index contributed by atoms with van der Waals surface area (Å²) < 4.78 is 10.4. The number of allylic oxidation sites excluding steroid dienone is 3. The average Bonchev–Trinajstić information content (AvgIpc) is 3.14. The molecule has 1 aliphatic rings. The molecule has 0 saturated heterocycles. The fourth-order valence-corrected chi connectivity index (χ4v) is 3.12. The van der Waals surface area contributed by atoms with Gasteiger partial charge in [0.15, 0.2) is 5.78 Å². The van der Waals surface area contributed by atoms with E-state index in [1.807, 2.05) is 54.6 Å². The first-order valence-corrected chi connectivity index (χ1v) is 8.36. The highest BCUT2D eigenvalue weighted by Gasteiger charge is 2.38. The van der Waals surface area contributed by atoms with Gasteiger partial charge in [-0.1, -0.05) is 36.4 Å². The summed E-state index contributed by atoms with van der Waals surface area (Å²) in [4.78, 5) is 25.0. The Morgan fingerprint density at radius 1 is 1.20 bits per heavy atom. The van der Waals surface area contributed by atoms with E-state index in [9.17, 15) is 9.59 Å². The second-order valence-corrected chi connectivity index (χ2v) is 5.92. The fourth-order valence-electron chi connectivity index (χ4n) is 3.12. The highest BCUT2D eigenvalue weighted by Crippen LogP contribution is 2.37. The van der Waals surface area contributed by atoms with Crippen molar-refractivity contribution >= 4 is 17.8 Å². The second-order valence-electron chi connectivity index (χ2n) is 5.92. The molecule has 0 radical (unpaired) electrons. The first-order chi connectivity index (χ1) is 12.2. The Morgan fingerprint density at radius 3 is 2.68 bits per heavy atom. The van der Waals surface area contributed by atoms with E-state index in [0.717, 1.165) is 16.9 Å². The highest BCUT2D eigenvalue weighted by molar-refractivity contribution is 6.07. The number of esters is 1. The summed E-state index contributed by atoms with van der Waals surface area (Å²) in [6.45, 7) is 2.01. The van der Waals surface area contributed by atoms with Crippen molar-refractivity contribution in [2.45, 2.75) is 19.3 Å². The van der Waals surface area contributed by atoms with Crippen LogP contribution in [0, 0.1) is 5.92 Å². The second kappa shape index (κ2) is 7.79. The van der Waals surface area contributed by atoms with Gasteiger partial charge in [-0.05, 0) is 48.8 Å². The van der Waals surface area contributed by atoms with Crippen LogP contribution in [0.2, 0.25) is 0 Å². The number of hydrogen-bond donors (Lipinski definition) is 0. The van der Waals surface area contributed by atoms with Crippen LogP contribution in [-0.2, 0) is 14.3 Å². The molecule has 2 aromatic rings. The lowest BCUT2D eigenvalue weighted by atomic mass is 9.75. The molecule has 0 fully saturated rings. The Kier molecular flexibility index (Phi) is 5.29. The minimum Gasteiger partial charge on any atom is -0.465 e. The predicted molar refractivity (Wildman–Crippen MR) is 94.8 cm³/mol. The fraction of sp³-hybridized carbons (Fsp3) is 0.238. The van der Waals surface area contributed by atoms with Crippen LogP contribution in [0.4, 0.5) is 0 Å². The van der Waals surface area contributed by atoms with Crippen molar-refractivity contribution in [2.75, 3.05) is 6.61 Å². The van der Waals surface area contributed by atoms with Crippen molar-refractivity contribution in [2.24, 2.45) is 5.92 Å². The maximum absolute atomic E-state index is 12.6. The molecular weight excluding hydrogens is 316 g/mol. The van der Waals surface area contributed by atoms with Gasteiger partial charge in [-0.15, -0.1) is 0 Å². The molecule has 1 aliphatic carbocycles. The molecule has 0 aliphatic heterocycles. The van der Waals surface area contributed by atoms with Crippen LogP contribution in [-0.4, -0.2) is 18.4 Å². The number of rotatable bonds is 5. The van der Waals surface area contributed by atoms with E-state index in [4.69, 9.17) is 9.15 Å². The van der Waals surface area contributed by atoms with E-state index < -0.39 is 11.9 Å². The maximum atomic E-state index is 12.6. The van der Waals surface area contributed by atoms with Gasteiger partial charge in [0.25, 0.3) is 0 Å². The molecule has 4 nitrogen and oxygen atoms in total. The Labute approximate surface area is 146 Å². The van der Waals surface area contributed by atoms with Gasteiger partial charge in [0, 0.05) is 5.92 Å². The molecule has 4 heteroatoms. The van der Waals surface area contributed by atoms with E-state index >= 15 is 0 Å². The smallest absolute Gasteiger partial charge is 0.317 e. The largest absolute Gasteiger partial charge is 0.465 e. The molecule has 0 amide bonds. The number of ketones is 1. The zero-order valence-corrected chi connectivity index (χ0v) is 14.1. The van der Waals surface area contributed by atoms with E-state index in [-0.39, 0.29) is 18.3 Å². The molecule has 1 aromatic carbocycles. The average molecular weight is 336 g/mol. The Bertz CT molecular complexity index is 785. The van der Waals surface area contributed by atoms with E-state index in [0.29, 0.717) is 6.42 Å². The summed E-state index contributed by atoms with van der Waals surface area (Å²) >= 11 is 0. The van der Waals surface area contributed by atoms with Gasteiger partial charge in [-0.3, -0.25) is 9.59 Å². The quantitative estimate of drug-likeness (QED) is 0.608. The zero-order valence-electron chi connectivity index (χ0n) is 14.1. The van der Waals surface area contributed by atoms with Crippen molar-refractivity contribution in [1.82, 2.24) is 0 Å². The molecule has 1 aromatic heterocycles. The summed E-state index contributed by atoms with van der Waals surface area (Å²) in [6, 6.07) is 13.3. The lowest BCUT2D eigenvalue weighted by Crippen LogP contribution is -2.34. The van der Waals surface area contributed by atoms with E-state index in [1.54, 1.807) is 19.3 Å². The molecular formula is C21H20O4. The van der Waals surface area contributed by atoms with Gasteiger partial charge in [0.1, 0.15) is 11.7 Å². The molecule has 128 valence electrons. The normalized spacial score (nSPS) is 20.5. The molecule has 0 saturated carbocycles. The van der Waals surface area contributed by atoms with Gasteiger partial charge in [0.2, 0.25) is 0 Å². The molecule has 0 N–H and O–H groups in total. The lowest BCUT2D eigenvalue weighted by molar-refractivity contribution is -0.151. The number of carbonyl (C=O) groups excluding carboxylic acids is 2. The van der Waals surface area contributed by atoms with Crippen molar-refractivity contribution < 1.29 is 18.7 Å². The van der Waals surface area contributed by atoms with Crippen LogP contribution in [0.1, 0.15) is 30.6 Å². The Morgan fingerprint density at radius 2 is 2.00 bits per heavy atom. The summed E-state index contributed by atoms with van der Waals surface area (Å²) in [5.74, 6) is -0.960. The van der Waals surface area contributed by atoms with Gasteiger partial charge in [-0.2, -0.15) is 0 Å². The third kappa shape index (κ3) is 3.97. The molecule has 1 heterocycles. The topological polar surface area (TPSA) is 56.5 Å². The third-order valence-electron chi connectivity index (χ3n) is 4.27. The summed E-state index contributed by atoms with van der Waals surface area (Å²) in [6.07, 6.45) is 7.43. The molecule has 0 bridgehead atoms. The Hall–Kier alpha value is -2.88. The maximum Gasteiger partial charge on any atom is 0.317 e. The molecule has 0 unspecified atom stereocenters. The zero-order chi connectivity index (χ0) is 17.6. The number of benzene rings is 1. The van der Waals surface area contributed by atoms with Gasteiger partial charge < -0.3 is 9.15 Å². The van der Waals surface area contributed by atoms with Gasteiger partial charge in [0.05, 0.1) is 12.9 Å². The van der Waals surface area contributed by atoms with Crippen LogP contribution in [0.5, 0.6) is 0 Å². The summed E-state index contributed by atoms with van der Waals surface area (Å²) in [7, 11) is 0. The first-order valence-electron chi connectivity index (χ1n) is 8.36. The van der Waals surface area contributed by atoms with E-state index in [2.05, 4.69) is 0 Å². The number of hydrogen-bond acceptors (Lipinski definition) is 4. The minimum absolute atomic E-state index is 0.211. The summed E-state index contributed by atoms with van der Waals surface area (Å²) in [5, 5.41) is 0. The van der Waals surface area contributed by atoms with E-state index in [1.165, 1.54) is 0 Å². The van der Waals surface area contributed by atoms with Crippen LogP contribution in [0.25, 0.3) is 6.08 Å². The molecule has 2 atom stereocenters. The number of carbonyl (C=O) groups is 2. The standard InChI is InChI=1S/C21H20O4/c1-2-24-21(23)20-18(16-7-4-3-5-8-16)13-15(14-19(20)22)10-11-17-9-6-12-25-17/h3-12,14,18,20H,2,13H2,1H3/t18-,20+/m0/s1. The van der Waals surface area contributed by atoms with Gasteiger partial charge >= 0.3 is 5.97 Å². The number of furan rings is 1. The van der Waals surface area contributed by atoms with Crippen LogP contribution in [0.3, 0.4) is 0 Å². The minimum atomic E-state index is -0.789.